The number of halogens is 1. The summed E-state index contributed by atoms with van der Waals surface area (Å²) in [5, 5.41) is 8.50. The number of ether oxygens (including phenoxy) is 1. The zero-order chi connectivity index (χ0) is 17.6. The summed E-state index contributed by atoms with van der Waals surface area (Å²) in [5.74, 6) is 0.534. The number of carbonyl (C=O) groups is 1. The van der Waals surface area contributed by atoms with Gasteiger partial charge in [-0.2, -0.15) is 0 Å². The molecule has 1 aromatic heterocycles. The van der Waals surface area contributed by atoms with Gasteiger partial charge in [0.25, 0.3) is 0 Å². The molecule has 23 heavy (non-hydrogen) atoms. The lowest BCUT2D eigenvalue weighted by Gasteiger charge is -2.26. The molecule has 2 N–H and O–H groups in total. The standard InChI is InChI=1S/C17H29ClN2O2S/c1-11(2)7-14(9-19-16(21)22-17(4,5)6)20-12(3)13-8-15(18)23-10-13/h8,10-12,14,20H,7,9H2,1-6H3,(H,19,21). The number of thiophene rings is 1. The average Bonchev–Trinajstić information content (AvgIpc) is 2.80. The van der Waals surface area contributed by atoms with Gasteiger partial charge in [-0.05, 0) is 57.0 Å². The first kappa shape index (κ1) is 20.3. The normalized spacial score (nSPS) is 14.6. The van der Waals surface area contributed by atoms with Crippen molar-refractivity contribution in [3.63, 3.8) is 0 Å². The van der Waals surface area contributed by atoms with Gasteiger partial charge in [0.05, 0.1) is 4.34 Å². The van der Waals surface area contributed by atoms with Gasteiger partial charge < -0.3 is 15.4 Å². The Labute approximate surface area is 148 Å². The first-order valence-corrected chi connectivity index (χ1v) is 9.29. The van der Waals surface area contributed by atoms with E-state index in [1.165, 1.54) is 16.9 Å². The second-order valence-corrected chi connectivity index (χ2v) is 8.82. The molecule has 0 aromatic carbocycles. The molecule has 1 rings (SSSR count). The van der Waals surface area contributed by atoms with Gasteiger partial charge >= 0.3 is 6.09 Å². The Balaban J connectivity index is 2.57. The minimum absolute atomic E-state index is 0.177. The van der Waals surface area contributed by atoms with Crippen molar-refractivity contribution in [2.75, 3.05) is 6.54 Å². The van der Waals surface area contributed by atoms with Gasteiger partial charge in [-0.3, -0.25) is 0 Å². The van der Waals surface area contributed by atoms with Gasteiger partial charge in [0.15, 0.2) is 0 Å². The van der Waals surface area contributed by atoms with Gasteiger partial charge in [-0.15, -0.1) is 11.3 Å². The van der Waals surface area contributed by atoms with Crippen molar-refractivity contribution in [3.8, 4) is 0 Å². The quantitative estimate of drug-likeness (QED) is 0.720. The Kier molecular flexibility index (Phi) is 7.84. The van der Waals surface area contributed by atoms with Crippen LogP contribution < -0.4 is 10.6 Å². The third-order valence-corrected chi connectivity index (χ3v) is 4.33. The smallest absolute Gasteiger partial charge is 0.407 e. The second kappa shape index (κ2) is 8.90. The fourth-order valence-corrected chi connectivity index (χ4v) is 3.28. The molecule has 0 saturated carbocycles. The van der Waals surface area contributed by atoms with E-state index in [0.29, 0.717) is 12.5 Å². The fourth-order valence-electron chi connectivity index (χ4n) is 2.30. The van der Waals surface area contributed by atoms with E-state index in [9.17, 15) is 4.79 Å². The molecule has 2 atom stereocenters. The Morgan fingerprint density at radius 1 is 1.35 bits per heavy atom. The first-order valence-electron chi connectivity index (χ1n) is 8.03. The summed E-state index contributed by atoms with van der Waals surface area (Å²) < 4.78 is 6.08. The van der Waals surface area contributed by atoms with Crippen LogP contribution in [0.25, 0.3) is 0 Å². The minimum Gasteiger partial charge on any atom is -0.444 e. The predicted molar refractivity (Wildman–Crippen MR) is 98.4 cm³/mol. The molecule has 0 aliphatic rings. The number of amides is 1. The lowest BCUT2D eigenvalue weighted by Crippen LogP contribution is -2.44. The maximum Gasteiger partial charge on any atom is 0.407 e. The number of rotatable bonds is 7. The highest BCUT2D eigenvalue weighted by Crippen LogP contribution is 2.25. The Bertz CT molecular complexity index is 497. The van der Waals surface area contributed by atoms with E-state index >= 15 is 0 Å². The maximum atomic E-state index is 11.8. The highest BCUT2D eigenvalue weighted by molar-refractivity contribution is 7.14. The van der Waals surface area contributed by atoms with E-state index in [4.69, 9.17) is 16.3 Å². The SMILES string of the molecule is CC(C)CC(CNC(=O)OC(C)(C)C)NC(C)c1csc(Cl)c1. The third kappa shape index (κ3) is 8.58. The van der Waals surface area contributed by atoms with E-state index in [1.807, 2.05) is 26.8 Å². The lowest BCUT2D eigenvalue weighted by atomic mass is 10.0. The van der Waals surface area contributed by atoms with E-state index in [1.54, 1.807) is 0 Å². The van der Waals surface area contributed by atoms with Crippen LogP contribution in [-0.4, -0.2) is 24.3 Å². The molecular formula is C17H29ClN2O2S. The van der Waals surface area contributed by atoms with Gasteiger partial charge in [-0.25, -0.2) is 4.79 Å². The van der Waals surface area contributed by atoms with Crippen LogP contribution in [0.4, 0.5) is 4.79 Å². The molecule has 2 unspecified atom stereocenters. The molecule has 0 fully saturated rings. The van der Waals surface area contributed by atoms with E-state index < -0.39 is 5.60 Å². The topological polar surface area (TPSA) is 50.4 Å². The summed E-state index contributed by atoms with van der Waals surface area (Å²) in [6, 6.07) is 2.34. The molecule has 1 heterocycles. The molecule has 4 nitrogen and oxygen atoms in total. The van der Waals surface area contributed by atoms with Crippen molar-refractivity contribution in [2.45, 2.75) is 65.6 Å². The van der Waals surface area contributed by atoms with Gasteiger partial charge in [0.2, 0.25) is 0 Å². The van der Waals surface area contributed by atoms with E-state index in [-0.39, 0.29) is 18.2 Å². The monoisotopic (exact) mass is 360 g/mol. The Morgan fingerprint density at radius 2 is 2.00 bits per heavy atom. The summed E-state index contributed by atoms with van der Waals surface area (Å²) in [5.41, 5.74) is 0.692. The summed E-state index contributed by atoms with van der Waals surface area (Å²) >= 11 is 7.54. The Morgan fingerprint density at radius 3 is 2.48 bits per heavy atom. The third-order valence-electron chi connectivity index (χ3n) is 3.22. The molecule has 1 aromatic rings. The lowest BCUT2D eigenvalue weighted by molar-refractivity contribution is 0.0520. The predicted octanol–water partition coefficient (Wildman–Crippen LogP) is 4.99. The van der Waals surface area contributed by atoms with Crippen molar-refractivity contribution in [2.24, 2.45) is 5.92 Å². The maximum absolute atomic E-state index is 11.8. The molecule has 0 aliphatic heterocycles. The highest BCUT2D eigenvalue weighted by atomic mass is 35.5. The average molecular weight is 361 g/mol. The van der Waals surface area contributed by atoms with Crippen molar-refractivity contribution in [1.82, 2.24) is 10.6 Å². The molecule has 0 saturated heterocycles. The number of hydrogen-bond donors (Lipinski definition) is 2. The van der Waals surface area contributed by atoms with E-state index in [0.717, 1.165) is 10.8 Å². The van der Waals surface area contributed by atoms with Crippen LogP contribution in [0.2, 0.25) is 4.34 Å². The summed E-state index contributed by atoms with van der Waals surface area (Å²) in [6.07, 6.45) is 0.595. The zero-order valence-corrected chi connectivity index (χ0v) is 16.5. The van der Waals surface area contributed by atoms with Gasteiger partial charge in [0, 0.05) is 18.6 Å². The fraction of sp³-hybridized carbons (Fsp3) is 0.706. The molecule has 0 spiro atoms. The van der Waals surface area contributed by atoms with Crippen molar-refractivity contribution < 1.29 is 9.53 Å². The van der Waals surface area contributed by atoms with Crippen molar-refractivity contribution in [3.05, 3.63) is 21.3 Å². The largest absolute Gasteiger partial charge is 0.444 e. The van der Waals surface area contributed by atoms with Crippen molar-refractivity contribution in [1.29, 1.82) is 0 Å². The number of alkyl carbamates (subject to hydrolysis) is 1. The number of nitrogens with one attached hydrogen (secondary N) is 2. The summed E-state index contributed by atoms with van der Waals surface area (Å²) in [6.45, 7) is 12.6. The summed E-state index contributed by atoms with van der Waals surface area (Å²) in [7, 11) is 0. The highest BCUT2D eigenvalue weighted by Gasteiger charge is 2.19. The molecular weight excluding hydrogens is 332 g/mol. The molecule has 0 radical (unpaired) electrons. The van der Waals surface area contributed by atoms with Crippen LogP contribution in [0, 0.1) is 5.92 Å². The van der Waals surface area contributed by atoms with Gasteiger partial charge in [-0.1, -0.05) is 25.4 Å². The van der Waals surface area contributed by atoms with Crippen molar-refractivity contribution >= 4 is 29.0 Å². The van der Waals surface area contributed by atoms with Crippen LogP contribution >= 0.6 is 22.9 Å². The van der Waals surface area contributed by atoms with Crippen LogP contribution in [0.15, 0.2) is 11.4 Å². The molecule has 0 bridgehead atoms. The molecule has 0 aliphatic carbocycles. The molecule has 6 heteroatoms. The van der Waals surface area contributed by atoms with Crippen LogP contribution in [0.1, 0.15) is 59.6 Å². The minimum atomic E-state index is -0.480. The van der Waals surface area contributed by atoms with Crippen LogP contribution in [0.3, 0.4) is 0 Å². The molecule has 132 valence electrons. The second-order valence-electron chi connectivity index (χ2n) is 7.28. The van der Waals surface area contributed by atoms with E-state index in [2.05, 4.69) is 36.8 Å². The van der Waals surface area contributed by atoms with Crippen LogP contribution in [0.5, 0.6) is 0 Å². The number of hydrogen-bond acceptors (Lipinski definition) is 4. The van der Waals surface area contributed by atoms with Crippen LogP contribution in [-0.2, 0) is 4.74 Å². The Hall–Kier alpha value is -0.780. The zero-order valence-electron chi connectivity index (χ0n) is 14.9. The van der Waals surface area contributed by atoms with Gasteiger partial charge in [0.1, 0.15) is 5.60 Å². The number of carbonyl (C=O) groups excluding carboxylic acids is 1. The summed E-state index contributed by atoms with van der Waals surface area (Å²) in [4.78, 5) is 11.8. The molecule has 1 amide bonds. The first-order chi connectivity index (χ1) is 10.6.